The molecule has 0 aliphatic rings. The number of pyridine rings is 1. The van der Waals surface area contributed by atoms with Gasteiger partial charge in [0.05, 0.1) is 6.20 Å². The molecule has 3 nitrogen and oxygen atoms in total. The van der Waals surface area contributed by atoms with Crippen LogP contribution in [0, 0.1) is 12.7 Å². The Morgan fingerprint density at radius 2 is 2.10 bits per heavy atom. The molecule has 1 heterocycles. The Hall–Kier alpha value is -1.46. The van der Waals surface area contributed by atoms with Crippen LogP contribution in [0.1, 0.15) is 23.6 Å². The molecule has 2 N–H and O–H groups in total. The third kappa shape index (κ3) is 4.51. The van der Waals surface area contributed by atoms with Crippen molar-refractivity contribution in [2.24, 2.45) is 5.73 Å². The molecule has 0 spiro atoms. The first kappa shape index (κ1) is 15.9. The first-order valence-corrected chi connectivity index (χ1v) is 7.52. The van der Waals surface area contributed by atoms with E-state index in [2.05, 4.69) is 20.9 Å². The number of aryl methyl sites for hydroxylation is 1. The van der Waals surface area contributed by atoms with Crippen LogP contribution in [0.4, 0.5) is 4.39 Å². The van der Waals surface area contributed by atoms with Gasteiger partial charge in [0.1, 0.15) is 18.2 Å². The van der Waals surface area contributed by atoms with Crippen molar-refractivity contribution in [1.29, 1.82) is 0 Å². The quantitative estimate of drug-likeness (QED) is 0.890. The molecule has 0 aliphatic heterocycles. The number of nitrogens with zero attached hydrogens (tertiary/aromatic N) is 1. The molecule has 1 aromatic heterocycles. The average molecular weight is 353 g/mol. The molecule has 0 radical (unpaired) electrons. The monoisotopic (exact) mass is 352 g/mol. The zero-order valence-electron chi connectivity index (χ0n) is 12.1. The zero-order chi connectivity index (χ0) is 15.4. The van der Waals surface area contributed by atoms with Crippen LogP contribution in [0.15, 0.2) is 35.1 Å². The molecule has 1 aromatic carbocycles. The second-order valence-corrected chi connectivity index (χ2v) is 6.11. The number of aromatic nitrogens is 1. The fraction of sp³-hybridized carbons (Fsp3) is 0.312. The Morgan fingerprint density at radius 1 is 1.33 bits per heavy atom. The minimum atomic E-state index is -0.362. The van der Waals surface area contributed by atoms with Gasteiger partial charge >= 0.3 is 0 Å². The van der Waals surface area contributed by atoms with Gasteiger partial charge in [-0.15, -0.1) is 0 Å². The van der Waals surface area contributed by atoms with Crippen LogP contribution in [-0.4, -0.2) is 11.0 Å². The van der Waals surface area contributed by atoms with E-state index in [4.69, 9.17) is 10.5 Å². The van der Waals surface area contributed by atoms with Gasteiger partial charge < -0.3 is 10.5 Å². The van der Waals surface area contributed by atoms with E-state index in [0.717, 1.165) is 27.8 Å². The predicted octanol–water partition coefficient (Wildman–Crippen LogP) is 3.76. The lowest BCUT2D eigenvalue weighted by atomic mass is 10.0. The van der Waals surface area contributed by atoms with Crippen LogP contribution >= 0.6 is 15.9 Å². The molecule has 0 amide bonds. The summed E-state index contributed by atoms with van der Waals surface area (Å²) in [5, 5.41) is 0. The van der Waals surface area contributed by atoms with Crippen molar-refractivity contribution < 1.29 is 9.13 Å². The van der Waals surface area contributed by atoms with Crippen molar-refractivity contribution in [3.63, 3.8) is 0 Å². The SMILES string of the molecule is Cc1cc(Br)cc(CC(C)N)c1OCc1cncc(F)c1. The molecular weight excluding hydrogens is 335 g/mol. The highest BCUT2D eigenvalue weighted by molar-refractivity contribution is 9.10. The smallest absolute Gasteiger partial charge is 0.141 e. The van der Waals surface area contributed by atoms with Gasteiger partial charge in [0, 0.05) is 22.3 Å². The van der Waals surface area contributed by atoms with Crippen molar-refractivity contribution in [2.75, 3.05) is 0 Å². The van der Waals surface area contributed by atoms with Crippen molar-refractivity contribution in [3.8, 4) is 5.75 Å². The van der Waals surface area contributed by atoms with Crippen LogP contribution in [-0.2, 0) is 13.0 Å². The van der Waals surface area contributed by atoms with Crippen LogP contribution in [0.2, 0.25) is 0 Å². The lowest BCUT2D eigenvalue weighted by Gasteiger charge is -2.16. The highest BCUT2D eigenvalue weighted by Crippen LogP contribution is 2.29. The fourth-order valence-corrected chi connectivity index (χ4v) is 2.81. The molecule has 0 fully saturated rings. The second kappa shape index (κ2) is 7.00. The number of halogens is 2. The van der Waals surface area contributed by atoms with Crippen molar-refractivity contribution in [2.45, 2.75) is 32.9 Å². The third-order valence-corrected chi connectivity index (χ3v) is 3.46. The molecule has 2 aromatic rings. The second-order valence-electron chi connectivity index (χ2n) is 5.19. The van der Waals surface area contributed by atoms with E-state index in [0.29, 0.717) is 5.56 Å². The molecule has 0 aliphatic carbocycles. The van der Waals surface area contributed by atoms with E-state index >= 15 is 0 Å². The molecule has 1 unspecified atom stereocenters. The number of ether oxygens (including phenoxy) is 1. The van der Waals surface area contributed by atoms with Crippen molar-refractivity contribution in [1.82, 2.24) is 4.98 Å². The topological polar surface area (TPSA) is 48.1 Å². The minimum absolute atomic E-state index is 0.0388. The Kier molecular flexibility index (Phi) is 5.31. The normalized spacial score (nSPS) is 12.2. The number of rotatable bonds is 5. The van der Waals surface area contributed by atoms with E-state index in [1.807, 2.05) is 26.0 Å². The molecular formula is C16H18BrFN2O. The van der Waals surface area contributed by atoms with Crippen LogP contribution in [0.5, 0.6) is 5.75 Å². The van der Waals surface area contributed by atoms with Crippen LogP contribution in [0.25, 0.3) is 0 Å². The van der Waals surface area contributed by atoms with Gasteiger partial charge in [0.15, 0.2) is 0 Å². The highest BCUT2D eigenvalue weighted by atomic mass is 79.9. The van der Waals surface area contributed by atoms with Gasteiger partial charge in [-0.25, -0.2) is 4.39 Å². The van der Waals surface area contributed by atoms with E-state index in [1.54, 1.807) is 6.20 Å². The zero-order valence-corrected chi connectivity index (χ0v) is 13.7. The van der Waals surface area contributed by atoms with Gasteiger partial charge in [-0.05, 0) is 49.6 Å². The maximum absolute atomic E-state index is 13.1. The van der Waals surface area contributed by atoms with E-state index in [-0.39, 0.29) is 18.5 Å². The van der Waals surface area contributed by atoms with Gasteiger partial charge in [0.25, 0.3) is 0 Å². The average Bonchev–Trinajstić information content (AvgIpc) is 2.36. The number of hydrogen-bond donors (Lipinski definition) is 1. The number of benzene rings is 1. The Morgan fingerprint density at radius 3 is 2.76 bits per heavy atom. The molecule has 5 heteroatoms. The fourth-order valence-electron chi connectivity index (χ4n) is 2.19. The molecule has 1 atom stereocenters. The molecule has 2 rings (SSSR count). The Labute approximate surface area is 132 Å². The summed E-state index contributed by atoms with van der Waals surface area (Å²) in [5.74, 6) is 0.444. The van der Waals surface area contributed by atoms with Gasteiger partial charge in [-0.2, -0.15) is 0 Å². The highest BCUT2D eigenvalue weighted by Gasteiger charge is 2.11. The summed E-state index contributed by atoms with van der Waals surface area (Å²) in [6, 6.07) is 5.46. The standard InChI is InChI=1S/C16H18BrFN2O/c1-10-3-14(17)6-13(4-11(2)19)16(10)21-9-12-5-15(18)8-20-7-12/h3,5-8,11H,4,9,19H2,1-2H3. The first-order chi connectivity index (χ1) is 9.95. The largest absolute Gasteiger partial charge is 0.488 e. The lowest BCUT2D eigenvalue weighted by Crippen LogP contribution is -2.18. The predicted molar refractivity (Wildman–Crippen MR) is 84.8 cm³/mol. The summed E-state index contributed by atoms with van der Waals surface area (Å²) in [4.78, 5) is 3.82. The summed E-state index contributed by atoms with van der Waals surface area (Å²) < 4.78 is 20.0. The Balaban J connectivity index is 2.22. The Bertz CT molecular complexity index is 632. The first-order valence-electron chi connectivity index (χ1n) is 6.72. The van der Waals surface area contributed by atoms with Crippen LogP contribution < -0.4 is 10.5 Å². The number of hydrogen-bond acceptors (Lipinski definition) is 3. The lowest BCUT2D eigenvalue weighted by molar-refractivity contribution is 0.299. The van der Waals surface area contributed by atoms with Gasteiger partial charge in [-0.1, -0.05) is 15.9 Å². The van der Waals surface area contributed by atoms with E-state index < -0.39 is 0 Å². The summed E-state index contributed by atoms with van der Waals surface area (Å²) in [6.45, 7) is 4.21. The van der Waals surface area contributed by atoms with Crippen molar-refractivity contribution in [3.05, 3.63) is 57.6 Å². The molecule has 0 saturated carbocycles. The summed E-state index contributed by atoms with van der Waals surface area (Å²) in [7, 11) is 0. The van der Waals surface area contributed by atoms with Crippen LogP contribution in [0.3, 0.4) is 0 Å². The third-order valence-electron chi connectivity index (χ3n) is 3.00. The molecule has 112 valence electrons. The summed E-state index contributed by atoms with van der Waals surface area (Å²) >= 11 is 3.49. The molecule has 21 heavy (non-hydrogen) atoms. The van der Waals surface area contributed by atoms with Gasteiger partial charge in [-0.3, -0.25) is 4.98 Å². The number of nitrogens with two attached hydrogens (primary N) is 1. The maximum atomic E-state index is 13.1. The summed E-state index contributed by atoms with van der Waals surface area (Å²) in [5.41, 5.74) is 8.65. The van der Waals surface area contributed by atoms with E-state index in [1.165, 1.54) is 12.3 Å². The maximum Gasteiger partial charge on any atom is 0.141 e. The molecule has 0 bridgehead atoms. The van der Waals surface area contributed by atoms with E-state index in [9.17, 15) is 4.39 Å². The molecule has 0 saturated heterocycles. The van der Waals surface area contributed by atoms with Crippen molar-refractivity contribution >= 4 is 15.9 Å². The van der Waals surface area contributed by atoms with Gasteiger partial charge in [0.2, 0.25) is 0 Å². The summed E-state index contributed by atoms with van der Waals surface area (Å²) in [6.07, 6.45) is 3.50. The minimum Gasteiger partial charge on any atom is -0.488 e.